The minimum atomic E-state index is 0.0711. The molecule has 0 aromatic carbocycles. The third-order valence-electron chi connectivity index (χ3n) is 2.37. The van der Waals surface area contributed by atoms with Gasteiger partial charge in [-0.3, -0.25) is 4.79 Å². The topological polar surface area (TPSA) is 38.1 Å². The molecule has 0 N–H and O–H groups in total. The van der Waals surface area contributed by atoms with Gasteiger partial charge in [0.25, 0.3) is 0 Å². The molecule has 0 atom stereocenters. The molecule has 0 bridgehead atoms. The van der Waals surface area contributed by atoms with Gasteiger partial charge in [0, 0.05) is 25.5 Å². The second-order valence-corrected chi connectivity index (χ2v) is 3.30. The maximum Gasteiger partial charge on any atom is 0.246 e. The van der Waals surface area contributed by atoms with Crippen molar-refractivity contribution in [3.63, 3.8) is 0 Å². The highest BCUT2D eigenvalue weighted by atomic mass is 16.2. The zero-order valence-corrected chi connectivity index (χ0v) is 8.18. The van der Waals surface area contributed by atoms with Crippen molar-refractivity contribution in [2.75, 3.05) is 6.54 Å². The lowest BCUT2D eigenvalue weighted by Gasteiger charge is -2.26. The molecule has 4 heteroatoms. The van der Waals surface area contributed by atoms with Crippen LogP contribution in [0, 0.1) is 0 Å². The minimum absolute atomic E-state index is 0.0711. The van der Waals surface area contributed by atoms with Gasteiger partial charge in [-0.1, -0.05) is 6.08 Å². The molecule has 1 aromatic heterocycles. The van der Waals surface area contributed by atoms with Gasteiger partial charge >= 0.3 is 0 Å². The van der Waals surface area contributed by atoms with Crippen LogP contribution in [0.2, 0.25) is 0 Å². The van der Waals surface area contributed by atoms with E-state index in [2.05, 4.69) is 9.55 Å². The van der Waals surface area contributed by atoms with Crippen LogP contribution in [0.1, 0.15) is 12.7 Å². The first kappa shape index (κ1) is 8.99. The fourth-order valence-electron chi connectivity index (χ4n) is 1.61. The van der Waals surface area contributed by atoms with Crippen LogP contribution in [0.5, 0.6) is 0 Å². The van der Waals surface area contributed by atoms with Gasteiger partial charge in [-0.05, 0) is 13.0 Å². The molecule has 1 aromatic rings. The Balaban J connectivity index is 2.11. The van der Waals surface area contributed by atoms with Crippen molar-refractivity contribution in [3.05, 3.63) is 30.4 Å². The Morgan fingerprint density at radius 1 is 1.57 bits per heavy atom. The van der Waals surface area contributed by atoms with Crippen molar-refractivity contribution in [1.29, 1.82) is 0 Å². The third-order valence-corrected chi connectivity index (χ3v) is 2.37. The second kappa shape index (κ2) is 3.65. The zero-order chi connectivity index (χ0) is 9.97. The lowest BCUT2D eigenvalue weighted by molar-refractivity contribution is -0.127. The number of hydrogen-bond donors (Lipinski definition) is 0. The smallest absolute Gasteiger partial charge is 0.246 e. The van der Waals surface area contributed by atoms with Gasteiger partial charge in [0.1, 0.15) is 5.82 Å². The summed E-state index contributed by atoms with van der Waals surface area (Å²) in [4.78, 5) is 17.5. The number of hydrogen-bond acceptors (Lipinski definition) is 2. The molecule has 0 saturated carbocycles. The Morgan fingerprint density at radius 2 is 2.43 bits per heavy atom. The minimum Gasteiger partial charge on any atom is -0.332 e. The van der Waals surface area contributed by atoms with Gasteiger partial charge < -0.3 is 9.47 Å². The summed E-state index contributed by atoms with van der Waals surface area (Å²) < 4.78 is 2.08. The molecule has 0 radical (unpaired) electrons. The number of nitrogens with zero attached hydrogens (tertiary/aromatic N) is 3. The predicted molar refractivity (Wildman–Crippen MR) is 52.5 cm³/mol. The molecular weight excluding hydrogens is 178 g/mol. The summed E-state index contributed by atoms with van der Waals surface area (Å²) >= 11 is 0. The molecule has 2 heterocycles. The van der Waals surface area contributed by atoms with Crippen molar-refractivity contribution in [2.24, 2.45) is 0 Å². The predicted octanol–water partition coefficient (Wildman–Crippen LogP) is 0.801. The molecule has 74 valence electrons. The summed E-state index contributed by atoms with van der Waals surface area (Å²) in [5.41, 5.74) is 0. The zero-order valence-electron chi connectivity index (χ0n) is 8.18. The molecule has 0 spiro atoms. The molecule has 2 rings (SSSR count). The van der Waals surface area contributed by atoms with E-state index >= 15 is 0 Å². The van der Waals surface area contributed by atoms with E-state index in [1.54, 1.807) is 18.3 Å². The van der Waals surface area contributed by atoms with Crippen molar-refractivity contribution in [3.8, 4) is 0 Å². The maximum atomic E-state index is 11.5. The summed E-state index contributed by atoms with van der Waals surface area (Å²) in [6.07, 6.45) is 7.09. The number of rotatable bonds is 1. The van der Waals surface area contributed by atoms with E-state index in [0.717, 1.165) is 18.9 Å². The molecule has 0 unspecified atom stereocenters. The maximum absolute atomic E-state index is 11.5. The normalized spacial score (nSPS) is 15.9. The van der Waals surface area contributed by atoms with E-state index in [1.165, 1.54) is 0 Å². The summed E-state index contributed by atoms with van der Waals surface area (Å²) in [5, 5.41) is 0. The second-order valence-electron chi connectivity index (χ2n) is 3.30. The summed E-state index contributed by atoms with van der Waals surface area (Å²) in [7, 11) is 0. The highest BCUT2D eigenvalue weighted by Gasteiger charge is 2.18. The van der Waals surface area contributed by atoms with E-state index in [-0.39, 0.29) is 5.91 Å². The van der Waals surface area contributed by atoms with Crippen molar-refractivity contribution in [1.82, 2.24) is 14.5 Å². The van der Waals surface area contributed by atoms with E-state index in [1.807, 2.05) is 18.0 Å². The number of carbonyl (C=O) groups is 1. The summed E-state index contributed by atoms with van der Waals surface area (Å²) in [6, 6.07) is 0. The Hall–Kier alpha value is -1.58. The average molecular weight is 191 g/mol. The third kappa shape index (κ3) is 1.55. The van der Waals surface area contributed by atoms with Crippen LogP contribution in [0.3, 0.4) is 0 Å². The highest BCUT2D eigenvalue weighted by molar-refractivity contribution is 5.87. The van der Waals surface area contributed by atoms with Crippen LogP contribution in [0.15, 0.2) is 24.5 Å². The Kier molecular flexibility index (Phi) is 2.35. The molecule has 4 nitrogen and oxygen atoms in total. The first-order valence-electron chi connectivity index (χ1n) is 4.73. The molecule has 0 saturated heterocycles. The van der Waals surface area contributed by atoms with Gasteiger partial charge in [0.2, 0.25) is 5.91 Å². The number of allylic oxidation sites excluding steroid dienone is 1. The van der Waals surface area contributed by atoms with Crippen LogP contribution in [-0.2, 0) is 17.9 Å². The lowest BCUT2D eigenvalue weighted by Crippen LogP contribution is -2.37. The van der Waals surface area contributed by atoms with Crippen molar-refractivity contribution < 1.29 is 4.79 Å². The number of fused-ring (bicyclic) bond motifs is 1. The van der Waals surface area contributed by atoms with Crippen molar-refractivity contribution in [2.45, 2.75) is 20.0 Å². The summed E-state index contributed by atoms with van der Waals surface area (Å²) in [5.74, 6) is 1.04. The number of carbonyl (C=O) groups excluding carboxylic acids is 1. The molecular formula is C10H13N3O. The number of aromatic nitrogens is 2. The molecule has 0 fully saturated rings. The van der Waals surface area contributed by atoms with Gasteiger partial charge in [0.05, 0.1) is 6.54 Å². The molecule has 0 aliphatic carbocycles. The first-order valence-corrected chi connectivity index (χ1v) is 4.73. The largest absolute Gasteiger partial charge is 0.332 e. The van der Waals surface area contributed by atoms with Crippen molar-refractivity contribution >= 4 is 5.91 Å². The van der Waals surface area contributed by atoms with Crippen LogP contribution in [0.4, 0.5) is 0 Å². The summed E-state index contributed by atoms with van der Waals surface area (Å²) in [6.45, 7) is 4.09. The lowest BCUT2D eigenvalue weighted by atomic mass is 10.3. The Bertz CT molecular complexity index is 367. The number of imidazole rings is 1. The quantitative estimate of drug-likeness (QED) is 0.616. The fourth-order valence-corrected chi connectivity index (χ4v) is 1.61. The average Bonchev–Trinajstić information content (AvgIpc) is 2.64. The number of amides is 1. The van der Waals surface area contributed by atoms with Crippen LogP contribution >= 0.6 is 0 Å². The van der Waals surface area contributed by atoms with Gasteiger partial charge in [-0.25, -0.2) is 4.98 Å². The SMILES string of the molecule is CC=CC(=O)N1CCn2ccnc2C1. The highest BCUT2D eigenvalue weighted by Crippen LogP contribution is 2.10. The van der Waals surface area contributed by atoms with E-state index < -0.39 is 0 Å². The van der Waals surface area contributed by atoms with Gasteiger partial charge in [-0.15, -0.1) is 0 Å². The van der Waals surface area contributed by atoms with Crippen LogP contribution < -0.4 is 0 Å². The Morgan fingerprint density at radius 3 is 3.21 bits per heavy atom. The van der Waals surface area contributed by atoms with Gasteiger partial charge in [-0.2, -0.15) is 0 Å². The standard InChI is InChI=1S/C10H13N3O/c1-2-3-10(14)13-7-6-12-5-4-11-9(12)8-13/h2-5H,6-8H2,1H3. The van der Waals surface area contributed by atoms with Crippen LogP contribution in [0.25, 0.3) is 0 Å². The monoisotopic (exact) mass is 191 g/mol. The molecule has 1 aliphatic rings. The van der Waals surface area contributed by atoms with E-state index in [4.69, 9.17) is 0 Å². The first-order chi connectivity index (χ1) is 6.81. The van der Waals surface area contributed by atoms with Crippen LogP contribution in [-0.4, -0.2) is 26.9 Å². The fraction of sp³-hybridized carbons (Fsp3) is 0.400. The Labute approximate surface area is 82.9 Å². The van der Waals surface area contributed by atoms with E-state index in [0.29, 0.717) is 6.54 Å². The molecule has 14 heavy (non-hydrogen) atoms. The molecule has 1 aliphatic heterocycles. The molecule has 1 amide bonds. The van der Waals surface area contributed by atoms with Gasteiger partial charge in [0.15, 0.2) is 0 Å². The van der Waals surface area contributed by atoms with E-state index in [9.17, 15) is 4.79 Å².